The predicted molar refractivity (Wildman–Crippen MR) is 86.5 cm³/mol. The van der Waals surface area contributed by atoms with Crippen LogP contribution in [0.4, 0.5) is 0 Å². The van der Waals surface area contributed by atoms with Crippen LogP contribution >= 0.6 is 0 Å². The van der Waals surface area contributed by atoms with Gasteiger partial charge >= 0.3 is 0 Å². The van der Waals surface area contributed by atoms with Crippen LogP contribution in [-0.4, -0.2) is 11.4 Å². The highest BCUT2D eigenvalue weighted by molar-refractivity contribution is 5.56. The van der Waals surface area contributed by atoms with Crippen molar-refractivity contribution < 1.29 is 9.90 Å². The highest BCUT2D eigenvalue weighted by Crippen LogP contribution is 2.62. The van der Waals surface area contributed by atoms with Gasteiger partial charge in [0.1, 0.15) is 6.29 Å². The maximum Gasteiger partial charge on any atom is 0.123 e. The highest BCUT2D eigenvalue weighted by Gasteiger charge is 2.54. The Morgan fingerprint density at radius 1 is 1.27 bits per heavy atom. The van der Waals surface area contributed by atoms with E-state index in [1.54, 1.807) is 0 Å². The van der Waals surface area contributed by atoms with E-state index < -0.39 is 0 Å². The first-order valence-corrected chi connectivity index (χ1v) is 8.85. The average molecular weight is 298 g/mol. The average Bonchev–Trinajstić information content (AvgIpc) is 2.90. The normalized spacial score (nSPS) is 39.7. The zero-order valence-electron chi connectivity index (χ0n) is 13.4. The molecule has 0 aromatic heterocycles. The first kappa shape index (κ1) is 14.4. The summed E-state index contributed by atoms with van der Waals surface area (Å²) >= 11 is 0. The van der Waals surface area contributed by atoms with Crippen molar-refractivity contribution >= 4 is 6.29 Å². The Kier molecular flexibility index (Phi) is 3.41. The first-order chi connectivity index (χ1) is 10.7. The van der Waals surface area contributed by atoms with E-state index in [0.717, 1.165) is 30.2 Å². The molecule has 4 rings (SSSR count). The van der Waals surface area contributed by atoms with E-state index in [0.29, 0.717) is 5.92 Å². The molecule has 0 unspecified atom stereocenters. The molecule has 0 bridgehead atoms. The van der Waals surface area contributed by atoms with Gasteiger partial charge in [0.2, 0.25) is 0 Å². The molecule has 0 spiro atoms. The fourth-order valence-electron chi connectivity index (χ4n) is 6.00. The zero-order valence-corrected chi connectivity index (χ0v) is 13.4. The Bertz CT molecular complexity index is 593. The van der Waals surface area contributed by atoms with Gasteiger partial charge in [-0.1, -0.05) is 25.1 Å². The van der Waals surface area contributed by atoms with Crippen LogP contribution in [0.15, 0.2) is 18.2 Å². The summed E-state index contributed by atoms with van der Waals surface area (Å²) in [5.74, 6) is 2.46. The molecule has 1 N–H and O–H groups in total. The molecule has 3 aliphatic rings. The minimum absolute atomic E-state index is 0.142. The molecule has 2 nitrogen and oxygen atoms in total. The number of aliphatic hydroxyl groups is 1. The summed E-state index contributed by atoms with van der Waals surface area (Å²) in [5, 5.41) is 9.35. The second-order valence-electron chi connectivity index (χ2n) is 7.97. The number of rotatable bonds is 2. The molecule has 0 saturated heterocycles. The molecule has 2 saturated carbocycles. The van der Waals surface area contributed by atoms with Crippen molar-refractivity contribution in [3.63, 3.8) is 0 Å². The van der Waals surface area contributed by atoms with E-state index in [9.17, 15) is 9.90 Å². The van der Waals surface area contributed by atoms with Gasteiger partial charge in [-0.05, 0) is 78.4 Å². The number of aliphatic hydroxyl groups excluding tert-OH is 1. The standard InChI is InChI=1S/C20H26O2/c1-20-9-8-17-16-5-2-13(11-21)10-14(16)3-6-18(17)19(20)7-4-15(20)12-22/h2,5,10,12,15,17-19,21H,3-4,6-9,11H2,1H3/t15-,17-,18-,19+,20-/m1/s1. The molecule has 1 aromatic rings. The number of carbonyl (C=O) groups excluding carboxylic acids is 1. The Morgan fingerprint density at radius 3 is 2.91 bits per heavy atom. The summed E-state index contributed by atoms with van der Waals surface area (Å²) in [7, 11) is 0. The van der Waals surface area contributed by atoms with Crippen molar-refractivity contribution in [1.29, 1.82) is 0 Å². The minimum Gasteiger partial charge on any atom is -0.392 e. The Hall–Kier alpha value is -1.15. The van der Waals surface area contributed by atoms with Gasteiger partial charge in [-0.25, -0.2) is 0 Å². The molecule has 2 fully saturated rings. The number of fused-ring (bicyclic) bond motifs is 5. The second-order valence-corrected chi connectivity index (χ2v) is 7.97. The van der Waals surface area contributed by atoms with E-state index in [1.165, 1.54) is 43.1 Å². The lowest BCUT2D eigenvalue weighted by Gasteiger charge is -2.50. The summed E-state index contributed by atoms with van der Waals surface area (Å²) in [4.78, 5) is 11.5. The van der Waals surface area contributed by atoms with Gasteiger partial charge in [-0.2, -0.15) is 0 Å². The summed E-state index contributed by atoms with van der Waals surface area (Å²) in [6.45, 7) is 2.52. The van der Waals surface area contributed by atoms with Crippen LogP contribution in [0.3, 0.4) is 0 Å². The van der Waals surface area contributed by atoms with Crippen LogP contribution in [0, 0.1) is 23.2 Å². The molecule has 0 amide bonds. The third kappa shape index (κ3) is 1.93. The van der Waals surface area contributed by atoms with Gasteiger partial charge < -0.3 is 9.90 Å². The van der Waals surface area contributed by atoms with Crippen molar-refractivity contribution in [2.24, 2.45) is 23.2 Å². The van der Waals surface area contributed by atoms with E-state index >= 15 is 0 Å². The quantitative estimate of drug-likeness (QED) is 0.842. The Morgan fingerprint density at radius 2 is 2.14 bits per heavy atom. The third-order valence-electron chi connectivity index (χ3n) is 7.21. The summed E-state index contributed by atoms with van der Waals surface area (Å²) in [6, 6.07) is 6.58. The van der Waals surface area contributed by atoms with Gasteiger partial charge in [0.25, 0.3) is 0 Å². The molecule has 22 heavy (non-hydrogen) atoms. The maximum atomic E-state index is 11.5. The summed E-state index contributed by atoms with van der Waals surface area (Å²) < 4.78 is 0. The largest absolute Gasteiger partial charge is 0.392 e. The smallest absolute Gasteiger partial charge is 0.123 e. The molecule has 3 aliphatic carbocycles. The van der Waals surface area contributed by atoms with Crippen molar-refractivity contribution in [3.8, 4) is 0 Å². The molecule has 5 atom stereocenters. The zero-order chi connectivity index (χ0) is 15.3. The monoisotopic (exact) mass is 298 g/mol. The van der Waals surface area contributed by atoms with Crippen molar-refractivity contribution in [2.75, 3.05) is 0 Å². The van der Waals surface area contributed by atoms with Gasteiger partial charge in [0.05, 0.1) is 6.61 Å². The molecule has 1 aromatic carbocycles. The predicted octanol–water partition coefficient (Wildman–Crippen LogP) is 3.85. The molecule has 0 heterocycles. The number of aryl methyl sites for hydroxylation is 1. The van der Waals surface area contributed by atoms with Crippen molar-refractivity contribution in [1.82, 2.24) is 0 Å². The number of carbonyl (C=O) groups is 1. The SMILES string of the molecule is C[C@]12CC[C@@H]3c4ccc(CO)cc4CC[C@H]3[C@@H]1CC[C@@H]2C=O. The fourth-order valence-corrected chi connectivity index (χ4v) is 6.00. The lowest BCUT2D eigenvalue weighted by molar-refractivity contribution is -0.115. The number of benzene rings is 1. The Balaban J connectivity index is 1.67. The summed E-state index contributed by atoms with van der Waals surface area (Å²) in [6.07, 6.45) is 8.41. The van der Waals surface area contributed by atoms with Crippen LogP contribution in [-0.2, 0) is 17.8 Å². The molecular weight excluding hydrogens is 272 g/mol. The van der Waals surface area contributed by atoms with Crippen LogP contribution in [0.1, 0.15) is 61.6 Å². The van der Waals surface area contributed by atoms with Crippen molar-refractivity contribution in [2.45, 2.75) is 58.0 Å². The number of hydrogen-bond acceptors (Lipinski definition) is 2. The fraction of sp³-hybridized carbons (Fsp3) is 0.650. The van der Waals surface area contributed by atoms with Gasteiger partial charge in [0, 0.05) is 5.92 Å². The van der Waals surface area contributed by atoms with Gasteiger partial charge in [-0.15, -0.1) is 0 Å². The topological polar surface area (TPSA) is 37.3 Å². The van der Waals surface area contributed by atoms with E-state index in [4.69, 9.17) is 0 Å². The first-order valence-electron chi connectivity index (χ1n) is 8.85. The molecule has 2 heteroatoms. The second kappa shape index (κ2) is 5.19. The van der Waals surface area contributed by atoms with Crippen LogP contribution in [0.2, 0.25) is 0 Å². The minimum atomic E-state index is 0.142. The molecule has 118 valence electrons. The summed E-state index contributed by atoms with van der Waals surface area (Å²) in [5.41, 5.74) is 4.29. The molecule has 0 aliphatic heterocycles. The number of aldehydes is 1. The third-order valence-corrected chi connectivity index (χ3v) is 7.21. The van der Waals surface area contributed by atoms with Gasteiger partial charge in [0.15, 0.2) is 0 Å². The van der Waals surface area contributed by atoms with Crippen LogP contribution in [0.5, 0.6) is 0 Å². The van der Waals surface area contributed by atoms with E-state index in [1.807, 2.05) is 0 Å². The molecular formula is C20H26O2. The lowest BCUT2D eigenvalue weighted by Crippen LogP contribution is -2.42. The molecule has 0 radical (unpaired) electrons. The van der Waals surface area contributed by atoms with E-state index in [-0.39, 0.29) is 17.9 Å². The lowest BCUT2D eigenvalue weighted by atomic mass is 9.54. The van der Waals surface area contributed by atoms with Crippen LogP contribution in [0.25, 0.3) is 0 Å². The van der Waals surface area contributed by atoms with E-state index in [2.05, 4.69) is 25.1 Å². The van der Waals surface area contributed by atoms with Crippen molar-refractivity contribution in [3.05, 3.63) is 34.9 Å². The highest BCUT2D eigenvalue weighted by atomic mass is 16.3. The van der Waals surface area contributed by atoms with Gasteiger partial charge in [-0.3, -0.25) is 0 Å². The Labute approximate surface area is 132 Å². The maximum absolute atomic E-state index is 11.5. The van der Waals surface area contributed by atoms with Crippen LogP contribution < -0.4 is 0 Å². The number of hydrogen-bond donors (Lipinski definition) is 1.